The van der Waals surface area contributed by atoms with E-state index in [0.717, 1.165) is 5.56 Å². The van der Waals surface area contributed by atoms with Crippen LogP contribution in [0.15, 0.2) is 53.4 Å². The molecule has 8 nitrogen and oxygen atoms in total. The predicted octanol–water partition coefficient (Wildman–Crippen LogP) is 2.32. The monoisotopic (exact) mass is 443 g/mol. The summed E-state index contributed by atoms with van der Waals surface area (Å²) in [5, 5.41) is 5.15. The third-order valence-electron chi connectivity index (χ3n) is 5.51. The maximum Gasteiger partial charge on any atom is 0.255 e. The lowest BCUT2D eigenvalue weighted by Crippen LogP contribution is -2.51. The van der Waals surface area contributed by atoms with Gasteiger partial charge in [-0.2, -0.15) is 0 Å². The molecule has 1 fully saturated rings. The number of rotatable bonds is 7. The molecule has 3 N–H and O–H groups in total. The van der Waals surface area contributed by atoms with Crippen molar-refractivity contribution in [3.8, 4) is 0 Å². The van der Waals surface area contributed by atoms with Crippen LogP contribution in [0.2, 0.25) is 0 Å². The standard InChI is InChI=1S/C22H25N3O5S/c1-3-22(13-12-19(26)25-21(22)28)16-8-10-17(11-9-16)24-20(27)15-6-5-7-18(14-15)31(29,30)23-4-2/h5-11,14,23H,3-4,12-13H2,1-2H3,(H,24,27)(H,25,26,28). The van der Waals surface area contributed by atoms with Crippen LogP contribution in [0.3, 0.4) is 0 Å². The summed E-state index contributed by atoms with van der Waals surface area (Å²) >= 11 is 0. The van der Waals surface area contributed by atoms with Gasteiger partial charge in [-0.3, -0.25) is 19.7 Å². The first-order valence-corrected chi connectivity index (χ1v) is 11.6. The summed E-state index contributed by atoms with van der Waals surface area (Å²) in [5.41, 5.74) is 0.716. The van der Waals surface area contributed by atoms with Gasteiger partial charge in [-0.25, -0.2) is 13.1 Å². The zero-order valence-corrected chi connectivity index (χ0v) is 18.2. The van der Waals surface area contributed by atoms with Crippen molar-refractivity contribution in [2.24, 2.45) is 0 Å². The molecule has 1 heterocycles. The summed E-state index contributed by atoms with van der Waals surface area (Å²) < 4.78 is 26.7. The maximum atomic E-state index is 12.6. The molecule has 0 aromatic heterocycles. The van der Waals surface area contributed by atoms with Gasteiger partial charge in [0, 0.05) is 24.2 Å². The van der Waals surface area contributed by atoms with E-state index in [2.05, 4.69) is 15.4 Å². The van der Waals surface area contributed by atoms with E-state index in [0.29, 0.717) is 18.5 Å². The van der Waals surface area contributed by atoms with Crippen molar-refractivity contribution < 1.29 is 22.8 Å². The number of sulfonamides is 1. The molecule has 0 aliphatic carbocycles. The number of carbonyl (C=O) groups is 3. The van der Waals surface area contributed by atoms with Crippen LogP contribution in [0.4, 0.5) is 5.69 Å². The summed E-state index contributed by atoms with van der Waals surface area (Å²) in [6.07, 6.45) is 1.27. The number of imide groups is 1. The number of hydrogen-bond acceptors (Lipinski definition) is 5. The lowest BCUT2D eigenvalue weighted by Gasteiger charge is -2.35. The van der Waals surface area contributed by atoms with Gasteiger partial charge in [0.2, 0.25) is 21.8 Å². The second-order valence-corrected chi connectivity index (χ2v) is 9.14. The fourth-order valence-electron chi connectivity index (χ4n) is 3.72. The number of nitrogens with one attached hydrogen (secondary N) is 3. The SMILES string of the molecule is CCNS(=O)(=O)c1cccc(C(=O)Nc2ccc(C3(CC)CCC(=O)NC3=O)cc2)c1. The minimum Gasteiger partial charge on any atom is -0.322 e. The largest absolute Gasteiger partial charge is 0.322 e. The Balaban J connectivity index is 1.78. The molecule has 1 atom stereocenters. The second kappa shape index (κ2) is 8.99. The fourth-order valence-corrected chi connectivity index (χ4v) is 4.81. The van der Waals surface area contributed by atoms with Gasteiger partial charge in [0.1, 0.15) is 0 Å². The topological polar surface area (TPSA) is 121 Å². The Hall–Kier alpha value is -3.04. The van der Waals surface area contributed by atoms with Gasteiger partial charge in [-0.15, -0.1) is 0 Å². The van der Waals surface area contributed by atoms with Gasteiger partial charge in [-0.05, 0) is 48.7 Å². The van der Waals surface area contributed by atoms with Gasteiger partial charge >= 0.3 is 0 Å². The summed E-state index contributed by atoms with van der Waals surface area (Å²) in [7, 11) is -3.67. The first-order valence-electron chi connectivity index (χ1n) is 10.1. The normalized spacial score (nSPS) is 19.0. The van der Waals surface area contributed by atoms with E-state index in [1.165, 1.54) is 24.3 Å². The van der Waals surface area contributed by atoms with Crippen molar-refractivity contribution >= 4 is 33.4 Å². The molecule has 31 heavy (non-hydrogen) atoms. The fraction of sp³-hybridized carbons (Fsp3) is 0.318. The molecular formula is C22H25N3O5S. The molecule has 0 radical (unpaired) electrons. The van der Waals surface area contributed by atoms with Gasteiger partial charge in [0.25, 0.3) is 5.91 Å². The van der Waals surface area contributed by atoms with Crippen molar-refractivity contribution in [2.75, 3.05) is 11.9 Å². The van der Waals surface area contributed by atoms with Crippen LogP contribution in [-0.4, -0.2) is 32.7 Å². The Morgan fingerprint density at radius 2 is 1.81 bits per heavy atom. The highest BCUT2D eigenvalue weighted by Crippen LogP contribution is 2.36. The van der Waals surface area contributed by atoms with Crippen molar-refractivity contribution in [3.05, 3.63) is 59.7 Å². The highest BCUT2D eigenvalue weighted by Gasteiger charge is 2.42. The average Bonchev–Trinajstić information content (AvgIpc) is 2.75. The van der Waals surface area contributed by atoms with Crippen molar-refractivity contribution in [2.45, 2.75) is 43.4 Å². The molecule has 1 saturated heterocycles. The molecule has 164 valence electrons. The summed E-state index contributed by atoms with van der Waals surface area (Å²) in [6.45, 7) is 3.82. The summed E-state index contributed by atoms with van der Waals surface area (Å²) in [6, 6.07) is 12.7. The molecule has 0 spiro atoms. The van der Waals surface area contributed by atoms with Gasteiger partial charge in [0.15, 0.2) is 0 Å². The molecule has 9 heteroatoms. The molecule has 0 saturated carbocycles. The van der Waals surface area contributed by atoms with E-state index in [9.17, 15) is 22.8 Å². The van der Waals surface area contributed by atoms with E-state index >= 15 is 0 Å². The quantitative estimate of drug-likeness (QED) is 0.567. The van der Waals surface area contributed by atoms with Gasteiger partial charge in [0.05, 0.1) is 10.3 Å². The van der Waals surface area contributed by atoms with E-state index in [1.54, 1.807) is 31.2 Å². The van der Waals surface area contributed by atoms with E-state index < -0.39 is 21.3 Å². The molecule has 1 aliphatic heterocycles. The van der Waals surface area contributed by atoms with Crippen LogP contribution in [-0.2, 0) is 25.0 Å². The van der Waals surface area contributed by atoms with E-state index in [-0.39, 0.29) is 35.2 Å². The van der Waals surface area contributed by atoms with E-state index in [4.69, 9.17) is 0 Å². The number of anilines is 1. The summed E-state index contributed by atoms with van der Waals surface area (Å²) in [5.74, 6) is -1.02. The highest BCUT2D eigenvalue weighted by atomic mass is 32.2. The van der Waals surface area contributed by atoms with Crippen LogP contribution >= 0.6 is 0 Å². The van der Waals surface area contributed by atoms with E-state index in [1.807, 2.05) is 6.92 Å². The number of piperidine rings is 1. The summed E-state index contributed by atoms with van der Waals surface area (Å²) in [4.78, 5) is 36.7. The predicted molar refractivity (Wildman–Crippen MR) is 116 cm³/mol. The first-order chi connectivity index (χ1) is 14.7. The van der Waals surface area contributed by atoms with Gasteiger partial charge < -0.3 is 5.32 Å². The van der Waals surface area contributed by atoms with Crippen LogP contribution in [0.5, 0.6) is 0 Å². The highest BCUT2D eigenvalue weighted by molar-refractivity contribution is 7.89. The van der Waals surface area contributed by atoms with Crippen LogP contribution in [0.25, 0.3) is 0 Å². The second-order valence-electron chi connectivity index (χ2n) is 7.37. The third-order valence-corrected chi connectivity index (χ3v) is 7.05. The molecular weight excluding hydrogens is 418 g/mol. The molecule has 3 rings (SSSR count). The first kappa shape index (κ1) is 22.6. The molecule has 1 unspecified atom stereocenters. The Morgan fingerprint density at radius 3 is 2.42 bits per heavy atom. The molecule has 1 aliphatic rings. The lowest BCUT2D eigenvalue weighted by molar-refractivity contribution is -0.138. The number of benzene rings is 2. The Kier molecular flexibility index (Phi) is 6.56. The van der Waals surface area contributed by atoms with Crippen molar-refractivity contribution in [1.82, 2.24) is 10.0 Å². The van der Waals surface area contributed by atoms with Gasteiger partial charge in [-0.1, -0.05) is 32.0 Å². The minimum absolute atomic E-state index is 0.0140. The van der Waals surface area contributed by atoms with Crippen molar-refractivity contribution in [3.63, 3.8) is 0 Å². The number of amides is 3. The smallest absolute Gasteiger partial charge is 0.255 e. The van der Waals surface area contributed by atoms with Crippen LogP contribution in [0, 0.1) is 0 Å². The molecule has 3 amide bonds. The number of hydrogen-bond donors (Lipinski definition) is 3. The lowest BCUT2D eigenvalue weighted by atomic mass is 9.72. The Labute approximate surface area is 181 Å². The van der Waals surface area contributed by atoms with Crippen molar-refractivity contribution in [1.29, 1.82) is 0 Å². The zero-order chi connectivity index (χ0) is 22.6. The van der Waals surface area contributed by atoms with Crippen LogP contribution in [0.1, 0.15) is 49.0 Å². The third kappa shape index (κ3) is 4.67. The molecule has 0 bridgehead atoms. The minimum atomic E-state index is -3.67. The average molecular weight is 444 g/mol. The maximum absolute atomic E-state index is 12.6. The zero-order valence-electron chi connectivity index (χ0n) is 17.4. The molecule has 2 aromatic rings. The van der Waals surface area contributed by atoms with Crippen LogP contribution < -0.4 is 15.4 Å². The number of carbonyl (C=O) groups excluding carboxylic acids is 3. The Morgan fingerprint density at radius 1 is 1.10 bits per heavy atom. The Bertz CT molecular complexity index is 1110. The molecule has 2 aromatic carbocycles.